The molecule has 3 aromatic rings. The monoisotopic (exact) mass is 272 g/mol. The first kappa shape index (κ1) is 12.0. The summed E-state index contributed by atoms with van der Waals surface area (Å²) in [4.78, 5) is 0. The van der Waals surface area contributed by atoms with Crippen LogP contribution in [-0.4, -0.2) is 0 Å². The SMILES string of the molecule is c1ccc(C2(c3ccccc3)Nc3ccccc3N2)cc1. The summed E-state index contributed by atoms with van der Waals surface area (Å²) >= 11 is 0. The Morgan fingerprint density at radius 3 is 1.29 bits per heavy atom. The van der Waals surface area contributed by atoms with Gasteiger partial charge >= 0.3 is 0 Å². The second-order valence-corrected chi connectivity index (χ2v) is 5.28. The van der Waals surface area contributed by atoms with E-state index in [2.05, 4.69) is 83.4 Å². The highest BCUT2D eigenvalue weighted by molar-refractivity contribution is 5.79. The molecular weight excluding hydrogens is 256 g/mol. The number of fused-ring (bicyclic) bond motifs is 1. The lowest BCUT2D eigenvalue weighted by Gasteiger charge is -2.32. The third kappa shape index (κ3) is 1.88. The van der Waals surface area contributed by atoms with Crippen molar-refractivity contribution in [2.75, 3.05) is 10.6 Å². The van der Waals surface area contributed by atoms with Gasteiger partial charge in [-0.1, -0.05) is 72.8 Å². The minimum absolute atomic E-state index is 0.411. The minimum atomic E-state index is -0.411. The van der Waals surface area contributed by atoms with Gasteiger partial charge in [-0.3, -0.25) is 0 Å². The Morgan fingerprint density at radius 1 is 0.476 bits per heavy atom. The van der Waals surface area contributed by atoms with E-state index >= 15 is 0 Å². The van der Waals surface area contributed by atoms with E-state index < -0.39 is 5.66 Å². The highest BCUT2D eigenvalue weighted by Crippen LogP contribution is 2.43. The number of benzene rings is 3. The van der Waals surface area contributed by atoms with Crippen molar-refractivity contribution in [2.45, 2.75) is 5.66 Å². The van der Waals surface area contributed by atoms with Crippen LogP contribution in [0.25, 0.3) is 0 Å². The summed E-state index contributed by atoms with van der Waals surface area (Å²) in [5.41, 5.74) is 4.25. The molecule has 102 valence electrons. The Bertz CT molecular complexity index is 684. The first-order chi connectivity index (χ1) is 10.4. The molecule has 0 fully saturated rings. The standard InChI is InChI=1S/C19H16N2/c1-3-9-15(10-4-1)19(16-11-5-2-6-12-16)20-17-13-7-8-14-18(17)21-19/h1-14,20-21H. The molecular formula is C19H16N2. The molecule has 0 unspecified atom stereocenters. The van der Waals surface area contributed by atoms with Gasteiger partial charge in [-0.15, -0.1) is 0 Å². The normalized spacial score (nSPS) is 14.9. The average molecular weight is 272 g/mol. The predicted molar refractivity (Wildman–Crippen MR) is 87.4 cm³/mol. The van der Waals surface area contributed by atoms with E-state index in [1.165, 1.54) is 11.1 Å². The first-order valence-electron chi connectivity index (χ1n) is 7.15. The highest BCUT2D eigenvalue weighted by atomic mass is 15.3. The van der Waals surface area contributed by atoms with Crippen LogP contribution in [0.4, 0.5) is 11.4 Å². The second-order valence-electron chi connectivity index (χ2n) is 5.28. The van der Waals surface area contributed by atoms with Gasteiger partial charge < -0.3 is 10.6 Å². The summed E-state index contributed by atoms with van der Waals surface area (Å²) in [6, 6.07) is 29.3. The van der Waals surface area contributed by atoms with Gasteiger partial charge in [0.05, 0.1) is 11.4 Å². The van der Waals surface area contributed by atoms with Gasteiger partial charge in [0.25, 0.3) is 0 Å². The van der Waals surface area contributed by atoms with Crippen LogP contribution in [0.15, 0.2) is 84.9 Å². The van der Waals surface area contributed by atoms with Crippen molar-refractivity contribution in [1.29, 1.82) is 0 Å². The molecule has 2 heteroatoms. The molecule has 4 rings (SSSR count). The van der Waals surface area contributed by atoms with E-state index in [0.29, 0.717) is 0 Å². The van der Waals surface area contributed by atoms with Crippen LogP contribution in [0.5, 0.6) is 0 Å². The maximum atomic E-state index is 3.67. The molecule has 1 aliphatic heterocycles. The topological polar surface area (TPSA) is 24.1 Å². The fourth-order valence-electron chi connectivity index (χ4n) is 2.97. The van der Waals surface area contributed by atoms with Crippen molar-refractivity contribution in [3.05, 3.63) is 96.1 Å². The number of hydrogen-bond donors (Lipinski definition) is 2. The molecule has 1 aliphatic rings. The smallest absolute Gasteiger partial charge is 0.161 e. The third-order valence-electron chi connectivity index (χ3n) is 3.99. The lowest BCUT2D eigenvalue weighted by molar-refractivity contribution is 0.704. The van der Waals surface area contributed by atoms with Gasteiger partial charge in [-0.05, 0) is 12.1 Å². The van der Waals surface area contributed by atoms with E-state index in [0.717, 1.165) is 11.4 Å². The third-order valence-corrected chi connectivity index (χ3v) is 3.99. The lowest BCUT2D eigenvalue weighted by atomic mass is 9.92. The van der Waals surface area contributed by atoms with E-state index in [4.69, 9.17) is 0 Å². The summed E-state index contributed by atoms with van der Waals surface area (Å²) in [6.45, 7) is 0. The summed E-state index contributed by atoms with van der Waals surface area (Å²) in [5, 5.41) is 7.34. The Kier molecular flexibility index (Phi) is 2.68. The van der Waals surface area contributed by atoms with Crippen molar-refractivity contribution in [1.82, 2.24) is 0 Å². The fraction of sp³-hybridized carbons (Fsp3) is 0.0526. The Morgan fingerprint density at radius 2 is 0.857 bits per heavy atom. The maximum absolute atomic E-state index is 3.67. The van der Waals surface area contributed by atoms with Crippen LogP contribution in [0, 0.1) is 0 Å². The molecule has 0 saturated heterocycles. The largest absolute Gasteiger partial charge is 0.354 e. The predicted octanol–water partition coefficient (Wildman–Crippen LogP) is 4.43. The lowest BCUT2D eigenvalue weighted by Crippen LogP contribution is -2.39. The van der Waals surface area contributed by atoms with Crippen LogP contribution < -0.4 is 10.6 Å². The second kappa shape index (κ2) is 4.67. The summed E-state index contributed by atoms with van der Waals surface area (Å²) < 4.78 is 0. The van der Waals surface area contributed by atoms with Gasteiger partial charge in [0.2, 0.25) is 0 Å². The molecule has 0 spiro atoms. The zero-order valence-corrected chi connectivity index (χ0v) is 11.6. The fourth-order valence-corrected chi connectivity index (χ4v) is 2.97. The molecule has 2 nitrogen and oxygen atoms in total. The summed E-state index contributed by atoms with van der Waals surface area (Å²) in [6.07, 6.45) is 0. The molecule has 0 atom stereocenters. The number of hydrogen-bond acceptors (Lipinski definition) is 2. The number of nitrogens with one attached hydrogen (secondary N) is 2. The van der Waals surface area contributed by atoms with Gasteiger partial charge in [0, 0.05) is 11.1 Å². The quantitative estimate of drug-likeness (QED) is 0.721. The molecule has 2 N–H and O–H groups in total. The molecule has 1 heterocycles. The number of rotatable bonds is 2. The number of anilines is 2. The van der Waals surface area contributed by atoms with E-state index in [9.17, 15) is 0 Å². The van der Waals surface area contributed by atoms with Crippen LogP contribution >= 0.6 is 0 Å². The first-order valence-corrected chi connectivity index (χ1v) is 7.15. The molecule has 21 heavy (non-hydrogen) atoms. The Balaban J connectivity index is 1.90. The molecule has 0 radical (unpaired) electrons. The van der Waals surface area contributed by atoms with Crippen molar-refractivity contribution >= 4 is 11.4 Å². The number of para-hydroxylation sites is 2. The van der Waals surface area contributed by atoms with Crippen LogP contribution in [0.2, 0.25) is 0 Å². The van der Waals surface area contributed by atoms with E-state index in [-0.39, 0.29) is 0 Å². The summed E-state index contributed by atoms with van der Waals surface area (Å²) in [5.74, 6) is 0. The molecule has 0 aliphatic carbocycles. The molecule has 0 bridgehead atoms. The molecule has 0 aromatic heterocycles. The van der Waals surface area contributed by atoms with Gasteiger partial charge in [0.15, 0.2) is 5.66 Å². The zero-order valence-electron chi connectivity index (χ0n) is 11.6. The van der Waals surface area contributed by atoms with Crippen LogP contribution in [0.1, 0.15) is 11.1 Å². The van der Waals surface area contributed by atoms with Crippen molar-refractivity contribution < 1.29 is 0 Å². The van der Waals surface area contributed by atoms with Crippen LogP contribution in [0.3, 0.4) is 0 Å². The van der Waals surface area contributed by atoms with Crippen molar-refractivity contribution in [2.24, 2.45) is 0 Å². The Labute approximate surface area is 124 Å². The van der Waals surface area contributed by atoms with E-state index in [1.54, 1.807) is 0 Å². The highest BCUT2D eigenvalue weighted by Gasteiger charge is 2.39. The maximum Gasteiger partial charge on any atom is 0.161 e. The van der Waals surface area contributed by atoms with E-state index in [1.807, 2.05) is 12.1 Å². The van der Waals surface area contributed by atoms with Gasteiger partial charge in [-0.2, -0.15) is 0 Å². The zero-order chi connectivity index (χ0) is 14.1. The van der Waals surface area contributed by atoms with Crippen LogP contribution in [-0.2, 0) is 5.66 Å². The van der Waals surface area contributed by atoms with Crippen molar-refractivity contribution in [3.63, 3.8) is 0 Å². The Hall–Kier alpha value is -2.74. The van der Waals surface area contributed by atoms with Gasteiger partial charge in [-0.25, -0.2) is 0 Å². The van der Waals surface area contributed by atoms with Gasteiger partial charge in [0.1, 0.15) is 0 Å². The molecule has 3 aromatic carbocycles. The molecule has 0 amide bonds. The molecule has 0 saturated carbocycles. The minimum Gasteiger partial charge on any atom is -0.354 e. The average Bonchev–Trinajstić information content (AvgIpc) is 2.97. The summed E-state index contributed by atoms with van der Waals surface area (Å²) in [7, 11) is 0. The van der Waals surface area contributed by atoms with Crippen molar-refractivity contribution in [3.8, 4) is 0 Å².